The van der Waals surface area contributed by atoms with Gasteiger partial charge in [-0.05, 0) is 15.9 Å². The molecule has 0 unspecified atom stereocenters. The van der Waals surface area contributed by atoms with E-state index in [9.17, 15) is 8.78 Å². The third-order valence-corrected chi connectivity index (χ3v) is 2.08. The van der Waals surface area contributed by atoms with Crippen molar-refractivity contribution in [1.82, 2.24) is 0 Å². The van der Waals surface area contributed by atoms with E-state index in [0.29, 0.717) is 0 Å². The predicted octanol–water partition coefficient (Wildman–Crippen LogP) is 2.32. The highest BCUT2D eigenvalue weighted by Gasteiger charge is 2.15. The molecule has 1 aromatic carbocycles. The van der Waals surface area contributed by atoms with Gasteiger partial charge >= 0.3 is 0 Å². The van der Waals surface area contributed by atoms with Crippen molar-refractivity contribution < 1.29 is 13.5 Å². The van der Waals surface area contributed by atoms with Gasteiger partial charge in [0.15, 0.2) is 11.6 Å². The molecule has 5 heteroatoms. The fraction of sp³-hybridized carbons (Fsp3) is 0.143. The Morgan fingerprint density at radius 2 is 2.08 bits per heavy atom. The minimum Gasteiger partial charge on any atom is -0.492 e. The highest BCUT2D eigenvalue weighted by atomic mass is 79.9. The number of ether oxygens (including phenoxy) is 1. The SMILES string of the molecule is COc1c(N)cc(F)c(Br)c1F. The largest absolute Gasteiger partial charge is 0.492 e. The number of anilines is 1. The zero-order valence-corrected chi connectivity index (χ0v) is 7.78. The molecule has 0 aliphatic heterocycles. The average molecular weight is 238 g/mol. The van der Waals surface area contributed by atoms with Crippen molar-refractivity contribution in [3.8, 4) is 5.75 Å². The third-order valence-electron chi connectivity index (χ3n) is 1.35. The number of hydrogen-bond acceptors (Lipinski definition) is 2. The molecule has 66 valence electrons. The second-order valence-electron chi connectivity index (χ2n) is 2.11. The lowest BCUT2D eigenvalue weighted by Gasteiger charge is -2.06. The highest BCUT2D eigenvalue weighted by Crippen LogP contribution is 2.32. The van der Waals surface area contributed by atoms with Gasteiger partial charge in [0.25, 0.3) is 0 Å². The number of halogens is 3. The molecule has 0 aliphatic carbocycles. The lowest BCUT2D eigenvalue weighted by atomic mass is 10.3. The van der Waals surface area contributed by atoms with E-state index in [1.165, 1.54) is 7.11 Å². The van der Waals surface area contributed by atoms with Crippen molar-refractivity contribution in [3.05, 3.63) is 22.2 Å². The van der Waals surface area contributed by atoms with Crippen LogP contribution in [-0.4, -0.2) is 7.11 Å². The molecule has 0 heterocycles. The Hall–Kier alpha value is -0.840. The molecule has 1 aromatic rings. The van der Waals surface area contributed by atoms with Gasteiger partial charge in [-0.1, -0.05) is 0 Å². The van der Waals surface area contributed by atoms with Crippen molar-refractivity contribution in [2.24, 2.45) is 0 Å². The third kappa shape index (κ3) is 1.36. The molecule has 0 saturated carbocycles. The zero-order chi connectivity index (χ0) is 9.30. The molecular formula is C7H6BrF2NO. The van der Waals surface area contributed by atoms with Gasteiger partial charge in [0, 0.05) is 6.07 Å². The number of methoxy groups -OCH3 is 1. The maximum absolute atomic E-state index is 13.0. The van der Waals surface area contributed by atoms with Crippen molar-refractivity contribution in [2.75, 3.05) is 12.8 Å². The fourth-order valence-corrected chi connectivity index (χ4v) is 1.10. The normalized spacial score (nSPS) is 10.0. The van der Waals surface area contributed by atoms with Crippen LogP contribution in [0.15, 0.2) is 10.5 Å². The predicted molar refractivity (Wildman–Crippen MR) is 45.0 cm³/mol. The maximum Gasteiger partial charge on any atom is 0.184 e. The lowest BCUT2D eigenvalue weighted by Crippen LogP contribution is -1.98. The molecule has 12 heavy (non-hydrogen) atoms. The minimum absolute atomic E-state index is 0.0595. The summed E-state index contributed by atoms with van der Waals surface area (Å²) in [5, 5.41) is 0. The summed E-state index contributed by atoms with van der Waals surface area (Å²) in [7, 11) is 1.26. The van der Waals surface area contributed by atoms with E-state index >= 15 is 0 Å². The summed E-state index contributed by atoms with van der Waals surface area (Å²) in [6.07, 6.45) is 0. The first-order valence-electron chi connectivity index (χ1n) is 3.05. The van der Waals surface area contributed by atoms with Gasteiger partial charge in [-0.25, -0.2) is 8.78 Å². The molecule has 2 N–H and O–H groups in total. The van der Waals surface area contributed by atoms with Gasteiger partial charge in [-0.2, -0.15) is 0 Å². The van der Waals surface area contributed by atoms with Crippen molar-refractivity contribution in [2.45, 2.75) is 0 Å². The second kappa shape index (κ2) is 3.26. The van der Waals surface area contributed by atoms with Crippen LogP contribution in [0.25, 0.3) is 0 Å². The first kappa shape index (κ1) is 9.25. The molecule has 0 spiro atoms. The minimum atomic E-state index is -0.824. The Morgan fingerprint density at radius 3 is 2.58 bits per heavy atom. The summed E-state index contributed by atoms with van der Waals surface area (Å²) in [5.41, 5.74) is 5.22. The first-order chi connectivity index (χ1) is 5.57. The molecule has 0 fully saturated rings. The molecule has 0 atom stereocenters. The van der Waals surface area contributed by atoms with Crippen LogP contribution in [0.3, 0.4) is 0 Å². The number of rotatable bonds is 1. The maximum atomic E-state index is 13.0. The van der Waals surface area contributed by atoms with E-state index in [-0.39, 0.29) is 15.9 Å². The summed E-state index contributed by atoms with van der Waals surface area (Å²) < 4.78 is 30.1. The van der Waals surface area contributed by atoms with Crippen molar-refractivity contribution in [1.29, 1.82) is 0 Å². The monoisotopic (exact) mass is 237 g/mol. The number of hydrogen-bond donors (Lipinski definition) is 1. The van der Waals surface area contributed by atoms with Gasteiger partial charge in [-0.3, -0.25) is 0 Å². The molecule has 0 aliphatic rings. The lowest BCUT2D eigenvalue weighted by molar-refractivity contribution is 0.384. The van der Waals surface area contributed by atoms with Crippen LogP contribution in [0.2, 0.25) is 0 Å². The fourth-order valence-electron chi connectivity index (χ4n) is 0.804. The van der Waals surface area contributed by atoms with E-state index in [1.807, 2.05) is 0 Å². The molecule has 0 amide bonds. The zero-order valence-electron chi connectivity index (χ0n) is 6.20. The van der Waals surface area contributed by atoms with E-state index < -0.39 is 11.6 Å². The van der Waals surface area contributed by atoms with Crippen molar-refractivity contribution in [3.63, 3.8) is 0 Å². The Labute approximate surface area is 76.4 Å². The second-order valence-corrected chi connectivity index (χ2v) is 2.90. The molecule has 0 bridgehead atoms. The quantitative estimate of drug-likeness (QED) is 0.601. The Bertz CT molecular complexity index is 317. The smallest absolute Gasteiger partial charge is 0.184 e. The van der Waals surface area contributed by atoms with Gasteiger partial charge in [-0.15, -0.1) is 0 Å². The Balaban J connectivity index is 3.40. The van der Waals surface area contributed by atoms with Crippen LogP contribution in [0, 0.1) is 11.6 Å². The van der Waals surface area contributed by atoms with Crippen molar-refractivity contribution >= 4 is 21.6 Å². The average Bonchev–Trinajstić information content (AvgIpc) is 2.01. The van der Waals surface area contributed by atoms with Gasteiger partial charge in [0.1, 0.15) is 5.82 Å². The Kier molecular flexibility index (Phi) is 2.52. The topological polar surface area (TPSA) is 35.2 Å². The standard InChI is InChI=1S/C7H6BrF2NO/c1-12-7-4(11)2-3(9)5(8)6(7)10/h2H,11H2,1H3. The molecule has 2 nitrogen and oxygen atoms in total. The Morgan fingerprint density at radius 1 is 1.50 bits per heavy atom. The molecule has 0 saturated heterocycles. The summed E-state index contributed by atoms with van der Waals surface area (Å²) in [4.78, 5) is 0. The molecule has 0 radical (unpaired) electrons. The van der Waals surface area contributed by atoms with E-state index in [1.54, 1.807) is 0 Å². The molecule has 0 aromatic heterocycles. The first-order valence-corrected chi connectivity index (χ1v) is 3.84. The summed E-state index contributed by atoms with van der Waals surface area (Å²) >= 11 is 2.72. The molecular weight excluding hydrogens is 232 g/mol. The van der Waals surface area contributed by atoms with E-state index in [0.717, 1.165) is 6.07 Å². The molecule has 1 rings (SSSR count). The summed E-state index contributed by atoms with van der Waals surface area (Å²) in [6.45, 7) is 0. The van der Waals surface area contributed by atoms with Crippen LogP contribution in [-0.2, 0) is 0 Å². The van der Waals surface area contributed by atoms with Crippen LogP contribution in [0.1, 0.15) is 0 Å². The summed E-state index contributed by atoms with van der Waals surface area (Å²) in [5.74, 6) is -1.72. The number of nitrogens with two attached hydrogens (primary N) is 1. The van der Waals surface area contributed by atoms with E-state index in [4.69, 9.17) is 5.73 Å². The highest BCUT2D eigenvalue weighted by molar-refractivity contribution is 9.10. The van der Waals surface area contributed by atoms with Gasteiger partial charge in [0.05, 0.1) is 17.3 Å². The van der Waals surface area contributed by atoms with Crippen LogP contribution in [0.5, 0.6) is 5.75 Å². The summed E-state index contributed by atoms with van der Waals surface area (Å²) in [6, 6.07) is 0.992. The van der Waals surface area contributed by atoms with E-state index in [2.05, 4.69) is 20.7 Å². The number of benzene rings is 1. The van der Waals surface area contributed by atoms with Gasteiger partial charge < -0.3 is 10.5 Å². The van der Waals surface area contributed by atoms with Gasteiger partial charge in [0.2, 0.25) is 0 Å². The number of nitrogen functional groups attached to an aromatic ring is 1. The van der Waals surface area contributed by atoms with Crippen LogP contribution in [0.4, 0.5) is 14.5 Å². The van der Waals surface area contributed by atoms with Crippen LogP contribution < -0.4 is 10.5 Å². The van der Waals surface area contributed by atoms with Crippen LogP contribution >= 0.6 is 15.9 Å².